The van der Waals surface area contributed by atoms with E-state index in [1.807, 2.05) is 24.3 Å². The van der Waals surface area contributed by atoms with E-state index in [2.05, 4.69) is 54.6 Å². The smallest absolute Gasteiger partial charge is 0.150 e. The Kier molecular flexibility index (Phi) is 2.97. The third kappa shape index (κ3) is 1.91. The van der Waals surface area contributed by atoms with Gasteiger partial charge in [0.2, 0.25) is 0 Å². The highest BCUT2D eigenvalue weighted by Gasteiger charge is 2.09. The lowest BCUT2D eigenvalue weighted by atomic mass is 9.93. The van der Waals surface area contributed by atoms with Crippen molar-refractivity contribution in [1.29, 1.82) is 0 Å². The van der Waals surface area contributed by atoms with Gasteiger partial charge in [0.25, 0.3) is 0 Å². The molecule has 0 aliphatic carbocycles. The molecule has 0 aliphatic rings. The van der Waals surface area contributed by atoms with E-state index >= 15 is 0 Å². The Hall–Kier alpha value is -2.93. The standard InChI is InChI=1S/C21H14O/c22-14-16-7-2-4-9-18(16)20-11-5-10-19-17-8-3-1-6-15(17)12-13-21(19)20/h1-14H. The van der Waals surface area contributed by atoms with Crippen LogP contribution in [0.25, 0.3) is 32.7 Å². The molecule has 4 aromatic rings. The van der Waals surface area contributed by atoms with Gasteiger partial charge < -0.3 is 0 Å². The van der Waals surface area contributed by atoms with Crippen molar-refractivity contribution in [2.24, 2.45) is 0 Å². The van der Waals surface area contributed by atoms with Crippen LogP contribution < -0.4 is 0 Å². The molecule has 4 rings (SSSR count). The fourth-order valence-electron chi connectivity index (χ4n) is 3.12. The molecule has 0 atom stereocenters. The molecule has 0 saturated carbocycles. The lowest BCUT2D eigenvalue weighted by molar-refractivity contribution is 0.112. The maximum absolute atomic E-state index is 11.3. The molecule has 0 amide bonds. The van der Waals surface area contributed by atoms with Crippen LogP contribution in [0.4, 0.5) is 0 Å². The number of hydrogen-bond acceptors (Lipinski definition) is 1. The molecule has 0 unspecified atom stereocenters. The number of rotatable bonds is 2. The maximum Gasteiger partial charge on any atom is 0.150 e. The van der Waals surface area contributed by atoms with Crippen molar-refractivity contribution in [2.45, 2.75) is 0 Å². The van der Waals surface area contributed by atoms with Crippen LogP contribution in [0, 0.1) is 0 Å². The summed E-state index contributed by atoms with van der Waals surface area (Å²) in [6.45, 7) is 0. The molecular formula is C21H14O. The van der Waals surface area contributed by atoms with E-state index in [0.717, 1.165) is 23.0 Å². The Bertz CT molecular complexity index is 999. The Morgan fingerprint density at radius 2 is 1.27 bits per heavy atom. The number of carbonyl (C=O) groups excluding carboxylic acids is 1. The molecule has 0 bridgehead atoms. The quantitative estimate of drug-likeness (QED) is 0.352. The third-order valence-electron chi connectivity index (χ3n) is 4.16. The highest BCUT2D eigenvalue weighted by Crippen LogP contribution is 2.34. The van der Waals surface area contributed by atoms with E-state index in [1.54, 1.807) is 0 Å². The molecule has 0 fully saturated rings. The Labute approximate surface area is 128 Å². The minimum absolute atomic E-state index is 0.725. The van der Waals surface area contributed by atoms with Crippen LogP contribution in [0.15, 0.2) is 78.9 Å². The first-order valence-electron chi connectivity index (χ1n) is 7.33. The zero-order valence-corrected chi connectivity index (χ0v) is 12.0. The molecule has 1 heteroatoms. The topological polar surface area (TPSA) is 17.1 Å². The van der Waals surface area contributed by atoms with Gasteiger partial charge in [0, 0.05) is 5.56 Å². The number of hydrogen-bond donors (Lipinski definition) is 0. The summed E-state index contributed by atoms with van der Waals surface area (Å²) in [5.74, 6) is 0. The monoisotopic (exact) mass is 282 g/mol. The molecule has 0 spiro atoms. The summed E-state index contributed by atoms with van der Waals surface area (Å²) in [6.07, 6.45) is 0.926. The minimum atomic E-state index is 0.725. The van der Waals surface area contributed by atoms with Gasteiger partial charge in [-0.2, -0.15) is 0 Å². The molecule has 0 saturated heterocycles. The summed E-state index contributed by atoms with van der Waals surface area (Å²) in [7, 11) is 0. The van der Waals surface area contributed by atoms with Gasteiger partial charge in [0.05, 0.1) is 0 Å². The van der Waals surface area contributed by atoms with Crippen molar-refractivity contribution in [3.05, 3.63) is 84.4 Å². The van der Waals surface area contributed by atoms with Crippen molar-refractivity contribution in [3.8, 4) is 11.1 Å². The van der Waals surface area contributed by atoms with Crippen LogP contribution in [0.1, 0.15) is 10.4 Å². The molecule has 0 aliphatic heterocycles. The molecule has 1 nitrogen and oxygen atoms in total. The van der Waals surface area contributed by atoms with Gasteiger partial charge in [-0.3, -0.25) is 4.79 Å². The average Bonchev–Trinajstić information content (AvgIpc) is 2.61. The van der Waals surface area contributed by atoms with Gasteiger partial charge >= 0.3 is 0 Å². The molecule has 22 heavy (non-hydrogen) atoms. The van der Waals surface area contributed by atoms with Crippen molar-refractivity contribution < 1.29 is 4.79 Å². The lowest BCUT2D eigenvalue weighted by Gasteiger charge is -2.11. The predicted molar refractivity (Wildman–Crippen MR) is 92.3 cm³/mol. The lowest BCUT2D eigenvalue weighted by Crippen LogP contribution is -1.88. The highest BCUT2D eigenvalue weighted by molar-refractivity contribution is 6.12. The van der Waals surface area contributed by atoms with Crippen LogP contribution in [-0.4, -0.2) is 6.29 Å². The maximum atomic E-state index is 11.3. The molecular weight excluding hydrogens is 268 g/mol. The summed E-state index contributed by atoms with van der Waals surface area (Å²) in [5.41, 5.74) is 2.81. The predicted octanol–water partition coefficient (Wildman–Crippen LogP) is 5.47. The van der Waals surface area contributed by atoms with Crippen LogP contribution >= 0.6 is 0 Å². The number of fused-ring (bicyclic) bond motifs is 3. The van der Waals surface area contributed by atoms with E-state index in [-0.39, 0.29) is 0 Å². The fourth-order valence-corrected chi connectivity index (χ4v) is 3.12. The Morgan fingerprint density at radius 1 is 0.545 bits per heavy atom. The summed E-state index contributed by atoms with van der Waals surface area (Å²) in [6, 6.07) is 26.7. The number of aldehydes is 1. The molecule has 0 radical (unpaired) electrons. The van der Waals surface area contributed by atoms with Crippen molar-refractivity contribution in [3.63, 3.8) is 0 Å². The first-order valence-corrected chi connectivity index (χ1v) is 7.33. The van der Waals surface area contributed by atoms with E-state index in [9.17, 15) is 4.79 Å². The Morgan fingerprint density at radius 3 is 2.18 bits per heavy atom. The summed E-state index contributed by atoms with van der Waals surface area (Å²) in [5, 5.41) is 4.87. The van der Waals surface area contributed by atoms with E-state index in [4.69, 9.17) is 0 Å². The molecule has 104 valence electrons. The molecule has 0 N–H and O–H groups in total. The van der Waals surface area contributed by atoms with E-state index < -0.39 is 0 Å². The minimum Gasteiger partial charge on any atom is -0.298 e. The average molecular weight is 282 g/mol. The summed E-state index contributed by atoms with van der Waals surface area (Å²) >= 11 is 0. The largest absolute Gasteiger partial charge is 0.298 e. The van der Waals surface area contributed by atoms with Crippen LogP contribution in [0.3, 0.4) is 0 Å². The van der Waals surface area contributed by atoms with Crippen LogP contribution in [-0.2, 0) is 0 Å². The van der Waals surface area contributed by atoms with E-state index in [1.165, 1.54) is 21.5 Å². The molecule has 4 aromatic carbocycles. The van der Waals surface area contributed by atoms with Gasteiger partial charge in [0.15, 0.2) is 6.29 Å². The number of benzene rings is 4. The summed E-state index contributed by atoms with van der Waals surface area (Å²) < 4.78 is 0. The van der Waals surface area contributed by atoms with Crippen molar-refractivity contribution in [2.75, 3.05) is 0 Å². The first-order chi connectivity index (χ1) is 10.9. The van der Waals surface area contributed by atoms with Crippen LogP contribution in [0.5, 0.6) is 0 Å². The van der Waals surface area contributed by atoms with Gasteiger partial charge in [-0.25, -0.2) is 0 Å². The van der Waals surface area contributed by atoms with Crippen molar-refractivity contribution >= 4 is 27.8 Å². The van der Waals surface area contributed by atoms with Crippen LogP contribution in [0.2, 0.25) is 0 Å². The van der Waals surface area contributed by atoms with E-state index in [0.29, 0.717) is 0 Å². The van der Waals surface area contributed by atoms with Gasteiger partial charge in [-0.1, -0.05) is 78.9 Å². The van der Waals surface area contributed by atoms with Crippen molar-refractivity contribution in [1.82, 2.24) is 0 Å². The molecule has 0 heterocycles. The second-order valence-electron chi connectivity index (χ2n) is 5.39. The van der Waals surface area contributed by atoms with Gasteiger partial charge in [-0.05, 0) is 32.7 Å². The van der Waals surface area contributed by atoms with Gasteiger partial charge in [0.1, 0.15) is 0 Å². The fraction of sp³-hybridized carbons (Fsp3) is 0. The normalized spacial score (nSPS) is 10.9. The third-order valence-corrected chi connectivity index (χ3v) is 4.16. The SMILES string of the molecule is O=Cc1ccccc1-c1cccc2c1ccc1ccccc12. The highest BCUT2D eigenvalue weighted by atomic mass is 16.1. The second kappa shape index (κ2) is 5.12. The molecule has 0 aromatic heterocycles. The zero-order chi connectivity index (χ0) is 14.9. The zero-order valence-electron chi connectivity index (χ0n) is 12.0. The van der Waals surface area contributed by atoms with Gasteiger partial charge in [-0.15, -0.1) is 0 Å². The summed E-state index contributed by atoms with van der Waals surface area (Å²) in [4.78, 5) is 11.3. The Balaban J connectivity index is 2.11. The number of carbonyl (C=O) groups is 1. The first kappa shape index (κ1) is 12.8. The second-order valence-corrected chi connectivity index (χ2v) is 5.39.